The predicted molar refractivity (Wildman–Crippen MR) is 76.0 cm³/mol. The van der Waals surface area contributed by atoms with Gasteiger partial charge in [0.2, 0.25) is 5.91 Å². The van der Waals surface area contributed by atoms with Crippen molar-refractivity contribution in [3.8, 4) is 0 Å². The van der Waals surface area contributed by atoms with Gasteiger partial charge in [-0.25, -0.2) is 8.78 Å². The fourth-order valence-corrected chi connectivity index (χ4v) is 1.75. The molecule has 2 rings (SSSR count). The summed E-state index contributed by atoms with van der Waals surface area (Å²) < 4.78 is 27.6. The molecular formula is C14H16F2N4O. The molecule has 1 aromatic heterocycles. The molecule has 0 aliphatic heterocycles. The van der Waals surface area contributed by atoms with Crippen LogP contribution in [0.15, 0.2) is 30.6 Å². The molecule has 0 radical (unpaired) electrons. The molecule has 1 heterocycles. The van der Waals surface area contributed by atoms with E-state index in [1.165, 1.54) is 6.07 Å². The summed E-state index contributed by atoms with van der Waals surface area (Å²) in [7, 11) is 0. The van der Waals surface area contributed by atoms with Crippen LogP contribution < -0.4 is 10.6 Å². The highest BCUT2D eigenvalue weighted by molar-refractivity contribution is 5.96. The second kappa shape index (κ2) is 6.34. The fraction of sp³-hybridized carbons (Fsp3) is 0.286. The highest BCUT2D eigenvalue weighted by Crippen LogP contribution is 2.14. The van der Waals surface area contributed by atoms with Crippen molar-refractivity contribution in [3.63, 3.8) is 0 Å². The summed E-state index contributed by atoms with van der Waals surface area (Å²) in [5.74, 6) is -2.31. The van der Waals surface area contributed by atoms with Gasteiger partial charge in [0.05, 0.1) is 11.9 Å². The first-order valence-electron chi connectivity index (χ1n) is 6.54. The molecule has 0 aliphatic carbocycles. The maximum Gasteiger partial charge on any atom is 0.246 e. The Bertz CT molecular complexity index is 642. The number of carbonyl (C=O) groups excluding carboxylic acids is 1. The van der Waals surface area contributed by atoms with Crippen LogP contribution in [0.5, 0.6) is 0 Å². The zero-order chi connectivity index (χ0) is 15.4. The zero-order valence-electron chi connectivity index (χ0n) is 11.7. The summed E-state index contributed by atoms with van der Waals surface area (Å²) in [4.78, 5) is 12.0. The lowest BCUT2D eigenvalue weighted by molar-refractivity contribution is -0.116. The van der Waals surface area contributed by atoms with E-state index in [1.54, 1.807) is 24.0 Å². The van der Waals surface area contributed by atoms with E-state index in [-0.39, 0.29) is 11.6 Å². The van der Waals surface area contributed by atoms with Crippen LogP contribution in [0.1, 0.15) is 13.8 Å². The van der Waals surface area contributed by atoms with E-state index in [2.05, 4.69) is 15.7 Å². The second-order valence-electron chi connectivity index (χ2n) is 4.57. The molecule has 5 nitrogen and oxygen atoms in total. The van der Waals surface area contributed by atoms with Gasteiger partial charge in [-0.1, -0.05) is 0 Å². The topological polar surface area (TPSA) is 59.0 Å². The lowest BCUT2D eigenvalue weighted by Crippen LogP contribution is -2.31. The molecule has 0 fully saturated rings. The van der Waals surface area contributed by atoms with E-state index >= 15 is 0 Å². The van der Waals surface area contributed by atoms with Crippen molar-refractivity contribution in [1.82, 2.24) is 9.78 Å². The number of hydrogen-bond donors (Lipinski definition) is 2. The van der Waals surface area contributed by atoms with Crippen LogP contribution in [-0.2, 0) is 11.3 Å². The Morgan fingerprint density at radius 1 is 1.33 bits per heavy atom. The van der Waals surface area contributed by atoms with Gasteiger partial charge in [-0.2, -0.15) is 5.10 Å². The molecule has 112 valence electrons. The number of hydrogen-bond acceptors (Lipinski definition) is 3. The van der Waals surface area contributed by atoms with Crippen LogP contribution in [0.4, 0.5) is 20.2 Å². The molecule has 7 heteroatoms. The Morgan fingerprint density at radius 3 is 2.71 bits per heavy atom. The minimum Gasteiger partial charge on any atom is -0.371 e. The van der Waals surface area contributed by atoms with Crippen LogP contribution in [0.3, 0.4) is 0 Å². The van der Waals surface area contributed by atoms with Gasteiger partial charge in [-0.3, -0.25) is 9.48 Å². The summed E-state index contributed by atoms with van der Waals surface area (Å²) in [6.45, 7) is 4.35. The number of nitrogens with one attached hydrogen (secondary N) is 2. The molecular weight excluding hydrogens is 278 g/mol. The van der Waals surface area contributed by atoms with Crippen molar-refractivity contribution in [1.29, 1.82) is 0 Å². The number of benzene rings is 1. The van der Waals surface area contributed by atoms with E-state index in [9.17, 15) is 13.6 Å². The number of anilines is 2. The normalized spacial score (nSPS) is 12.0. The average molecular weight is 294 g/mol. The number of halogens is 2. The van der Waals surface area contributed by atoms with Crippen molar-refractivity contribution in [2.75, 3.05) is 10.6 Å². The smallest absolute Gasteiger partial charge is 0.246 e. The van der Waals surface area contributed by atoms with Crippen molar-refractivity contribution in [2.24, 2.45) is 0 Å². The van der Waals surface area contributed by atoms with Gasteiger partial charge < -0.3 is 10.6 Å². The summed E-state index contributed by atoms with van der Waals surface area (Å²) >= 11 is 0. The summed E-state index contributed by atoms with van der Waals surface area (Å²) in [5, 5.41) is 9.58. The Kier molecular flexibility index (Phi) is 4.52. The van der Waals surface area contributed by atoms with Crippen molar-refractivity contribution < 1.29 is 13.6 Å². The molecule has 21 heavy (non-hydrogen) atoms. The molecule has 0 aliphatic rings. The summed E-state index contributed by atoms with van der Waals surface area (Å²) in [6, 6.07) is 2.66. The summed E-state index contributed by atoms with van der Waals surface area (Å²) in [6.07, 6.45) is 3.40. The Labute approximate surface area is 121 Å². The molecule has 0 spiro atoms. The third kappa shape index (κ3) is 3.77. The molecule has 1 amide bonds. The van der Waals surface area contributed by atoms with E-state index in [0.717, 1.165) is 18.7 Å². The van der Waals surface area contributed by atoms with E-state index < -0.39 is 17.7 Å². The molecule has 2 aromatic rings. The maximum atomic E-state index is 13.1. The zero-order valence-corrected chi connectivity index (χ0v) is 11.7. The van der Waals surface area contributed by atoms with Crippen LogP contribution in [-0.4, -0.2) is 21.7 Å². The summed E-state index contributed by atoms with van der Waals surface area (Å²) in [5.41, 5.74) is 0.918. The highest BCUT2D eigenvalue weighted by Gasteiger charge is 2.14. The average Bonchev–Trinajstić information content (AvgIpc) is 2.90. The van der Waals surface area contributed by atoms with Gasteiger partial charge in [0.25, 0.3) is 0 Å². The molecule has 0 unspecified atom stereocenters. The minimum atomic E-state index is -1.00. The minimum absolute atomic E-state index is 0.205. The number of amides is 1. The van der Waals surface area contributed by atoms with Crippen LogP contribution in [0.25, 0.3) is 0 Å². The first-order chi connectivity index (χ1) is 9.99. The van der Waals surface area contributed by atoms with Gasteiger partial charge in [0, 0.05) is 24.5 Å². The third-order valence-electron chi connectivity index (χ3n) is 2.92. The number of aryl methyl sites for hydroxylation is 1. The lowest BCUT2D eigenvalue weighted by atomic mass is 10.2. The quantitative estimate of drug-likeness (QED) is 0.891. The molecule has 0 saturated carbocycles. The monoisotopic (exact) mass is 294 g/mol. The first kappa shape index (κ1) is 15.0. The Hall–Kier alpha value is -2.44. The number of carbonyl (C=O) groups is 1. The SMILES string of the molecule is CCn1cc(N[C@H](C)C(=O)Nc2ccc(F)c(F)c2)cn1. The van der Waals surface area contributed by atoms with Gasteiger partial charge in [-0.05, 0) is 26.0 Å². The van der Waals surface area contributed by atoms with Crippen LogP contribution in [0.2, 0.25) is 0 Å². The van der Waals surface area contributed by atoms with Crippen LogP contribution in [0, 0.1) is 11.6 Å². The second-order valence-corrected chi connectivity index (χ2v) is 4.57. The Balaban J connectivity index is 1.97. The third-order valence-corrected chi connectivity index (χ3v) is 2.92. The maximum absolute atomic E-state index is 13.1. The fourth-order valence-electron chi connectivity index (χ4n) is 1.75. The van der Waals surface area contributed by atoms with E-state index in [0.29, 0.717) is 5.69 Å². The highest BCUT2D eigenvalue weighted by atomic mass is 19.2. The van der Waals surface area contributed by atoms with E-state index in [1.807, 2.05) is 6.92 Å². The molecule has 1 aromatic carbocycles. The molecule has 0 bridgehead atoms. The van der Waals surface area contributed by atoms with Gasteiger partial charge >= 0.3 is 0 Å². The lowest BCUT2D eigenvalue weighted by Gasteiger charge is -2.14. The molecule has 1 atom stereocenters. The number of aromatic nitrogens is 2. The predicted octanol–water partition coefficient (Wildman–Crippen LogP) is 2.62. The van der Waals surface area contributed by atoms with Crippen molar-refractivity contribution in [2.45, 2.75) is 26.4 Å². The first-order valence-corrected chi connectivity index (χ1v) is 6.54. The van der Waals surface area contributed by atoms with Crippen LogP contribution >= 0.6 is 0 Å². The van der Waals surface area contributed by atoms with E-state index in [4.69, 9.17) is 0 Å². The van der Waals surface area contributed by atoms with Gasteiger partial charge in [0.1, 0.15) is 6.04 Å². The van der Waals surface area contributed by atoms with Gasteiger partial charge in [-0.15, -0.1) is 0 Å². The molecule has 0 saturated heterocycles. The largest absolute Gasteiger partial charge is 0.371 e. The molecule has 2 N–H and O–H groups in total. The van der Waals surface area contributed by atoms with Crippen molar-refractivity contribution >= 4 is 17.3 Å². The number of rotatable bonds is 5. The van der Waals surface area contributed by atoms with Gasteiger partial charge in [0.15, 0.2) is 11.6 Å². The number of nitrogens with zero attached hydrogens (tertiary/aromatic N) is 2. The standard InChI is InChI=1S/C14H16F2N4O/c1-3-20-8-11(7-17-20)18-9(2)14(21)19-10-4-5-12(15)13(16)6-10/h4-9,18H,3H2,1-2H3,(H,19,21)/t9-/m1/s1. The van der Waals surface area contributed by atoms with Crippen molar-refractivity contribution in [3.05, 3.63) is 42.2 Å². The Morgan fingerprint density at radius 2 is 2.10 bits per heavy atom.